The maximum atomic E-state index is 9.30. The van der Waals surface area contributed by atoms with Gasteiger partial charge in [-0.2, -0.15) is 4.98 Å². The Morgan fingerprint density at radius 1 is 1.16 bits per heavy atom. The van der Waals surface area contributed by atoms with Gasteiger partial charge < -0.3 is 25.2 Å². The van der Waals surface area contributed by atoms with E-state index in [1.54, 1.807) is 6.20 Å². The molecule has 0 saturated carbocycles. The fourth-order valence-electron chi connectivity index (χ4n) is 4.16. The van der Waals surface area contributed by atoms with Crippen LogP contribution in [0.15, 0.2) is 43.0 Å². The molecule has 0 spiro atoms. The molecule has 1 aliphatic heterocycles. The Balaban J connectivity index is 1.42. The lowest BCUT2D eigenvalue weighted by atomic mass is 10.2. The van der Waals surface area contributed by atoms with Crippen molar-refractivity contribution >= 4 is 39.4 Å². The number of fused-ring (bicyclic) bond motifs is 3. The highest BCUT2D eigenvalue weighted by Gasteiger charge is 2.17. The van der Waals surface area contributed by atoms with Gasteiger partial charge in [0.15, 0.2) is 0 Å². The van der Waals surface area contributed by atoms with Gasteiger partial charge >= 0.3 is 0 Å². The molecule has 3 N–H and O–H groups in total. The number of hydrogen-bond donors (Lipinski definition) is 3. The Morgan fingerprint density at radius 3 is 2.90 bits per heavy atom. The summed E-state index contributed by atoms with van der Waals surface area (Å²) in [5.41, 5.74) is 2.93. The van der Waals surface area contributed by atoms with Crippen LogP contribution in [0.2, 0.25) is 0 Å². The average molecular weight is 419 g/mol. The van der Waals surface area contributed by atoms with Gasteiger partial charge in [-0.3, -0.25) is 4.98 Å². The first-order valence-corrected chi connectivity index (χ1v) is 10.6. The SMILES string of the molecule is C[C@H]1CN(c2ccc(Nc3ncc4c5ccncc5n(CCCO)c4n3)nc2)CCN1. The quantitative estimate of drug-likeness (QED) is 0.438. The lowest BCUT2D eigenvalue weighted by molar-refractivity contribution is 0.281. The first-order valence-electron chi connectivity index (χ1n) is 10.6. The van der Waals surface area contributed by atoms with E-state index in [1.165, 1.54) is 0 Å². The van der Waals surface area contributed by atoms with Crippen LogP contribution >= 0.6 is 0 Å². The molecule has 5 rings (SSSR count). The molecule has 5 heterocycles. The minimum Gasteiger partial charge on any atom is -0.396 e. The Bertz CT molecular complexity index is 1190. The van der Waals surface area contributed by atoms with Crippen LogP contribution in [-0.4, -0.2) is 61.9 Å². The van der Waals surface area contributed by atoms with Crippen LogP contribution in [0.5, 0.6) is 0 Å². The Morgan fingerprint density at radius 2 is 2.10 bits per heavy atom. The van der Waals surface area contributed by atoms with E-state index in [9.17, 15) is 5.11 Å². The number of aryl methyl sites for hydroxylation is 1. The molecular formula is C22H26N8O. The molecule has 0 amide bonds. The van der Waals surface area contributed by atoms with Gasteiger partial charge in [0.1, 0.15) is 11.5 Å². The summed E-state index contributed by atoms with van der Waals surface area (Å²) in [5, 5.41) is 18.0. The highest BCUT2D eigenvalue weighted by Crippen LogP contribution is 2.28. The van der Waals surface area contributed by atoms with Crippen LogP contribution in [-0.2, 0) is 6.54 Å². The summed E-state index contributed by atoms with van der Waals surface area (Å²) in [6.45, 7) is 5.91. The Kier molecular flexibility index (Phi) is 5.35. The number of hydrogen-bond acceptors (Lipinski definition) is 8. The number of nitrogens with zero attached hydrogens (tertiary/aromatic N) is 6. The van der Waals surface area contributed by atoms with Crippen LogP contribution in [0.1, 0.15) is 13.3 Å². The molecule has 1 fully saturated rings. The van der Waals surface area contributed by atoms with Crippen molar-refractivity contribution in [1.29, 1.82) is 0 Å². The second-order valence-electron chi connectivity index (χ2n) is 7.88. The Labute approximate surface area is 180 Å². The summed E-state index contributed by atoms with van der Waals surface area (Å²) in [5.74, 6) is 1.19. The summed E-state index contributed by atoms with van der Waals surface area (Å²) < 4.78 is 2.09. The normalized spacial score (nSPS) is 16.8. The largest absolute Gasteiger partial charge is 0.396 e. The molecule has 0 unspecified atom stereocenters. The molecule has 1 atom stereocenters. The van der Waals surface area contributed by atoms with Gasteiger partial charge in [0.05, 0.1) is 23.6 Å². The van der Waals surface area contributed by atoms with Crippen molar-refractivity contribution in [1.82, 2.24) is 29.8 Å². The third-order valence-electron chi connectivity index (χ3n) is 5.67. The van der Waals surface area contributed by atoms with Crippen LogP contribution < -0.4 is 15.5 Å². The maximum Gasteiger partial charge on any atom is 0.230 e. The van der Waals surface area contributed by atoms with E-state index in [0.29, 0.717) is 30.8 Å². The number of rotatable bonds is 6. The van der Waals surface area contributed by atoms with Crippen LogP contribution in [0.25, 0.3) is 21.9 Å². The monoisotopic (exact) mass is 418 g/mol. The predicted octanol–water partition coefficient (Wildman–Crippen LogP) is 2.30. The lowest BCUT2D eigenvalue weighted by Gasteiger charge is -2.33. The standard InChI is InChI=1S/C22H26N8O/c1-15-14-29(9-7-24-15)16-3-4-20(25-11-16)27-22-26-12-18-17-5-6-23-13-19(17)30(8-2-10-31)21(18)28-22/h3-6,11-13,15,24,31H,2,7-10,14H2,1H3,(H,25,26,27,28)/t15-/m0/s1. The number of nitrogens with one attached hydrogen (secondary N) is 2. The van der Waals surface area contributed by atoms with Crippen molar-refractivity contribution < 1.29 is 5.11 Å². The van der Waals surface area contributed by atoms with E-state index in [1.807, 2.05) is 30.7 Å². The van der Waals surface area contributed by atoms with Gasteiger partial charge in [0, 0.05) is 62.0 Å². The minimum absolute atomic E-state index is 0.125. The molecule has 160 valence electrons. The molecule has 0 radical (unpaired) electrons. The summed E-state index contributed by atoms with van der Waals surface area (Å²) in [4.78, 5) is 20.4. The number of aliphatic hydroxyl groups excluding tert-OH is 1. The molecular weight excluding hydrogens is 392 g/mol. The summed E-state index contributed by atoms with van der Waals surface area (Å²) in [6.07, 6.45) is 7.98. The lowest BCUT2D eigenvalue weighted by Crippen LogP contribution is -2.49. The third kappa shape index (κ3) is 3.89. The topological polar surface area (TPSA) is 104 Å². The third-order valence-corrected chi connectivity index (χ3v) is 5.67. The molecule has 0 aromatic carbocycles. The maximum absolute atomic E-state index is 9.30. The average Bonchev–Trinajstić information content (AvgIpc) is 3.11. The zero-order chi connectivity index (χ0) is 21.2. The van der Waals surface area contributed by atoms with E-state index >= 15 is 0 Å². The van der Waals surface area contributed by atoms with Gasteiger partial charge in [-0.1, -0.05) is 0 Å². The molecule has 0 aliphatic carbocycles. The molecule has 0 bridgehead atoms. The number of pyridine rings is 2. The highest BCUT2D eigenvalue weighted by molar-refractivity contribution is 6.06. The van der Waals surface area contributed by atoms with Crippen LogP contribution in [0.3, 0.4) is 0 Å². The molecule has 1 aliphatic rings. The van der Waals surface area contributed by atoms with E-state index in [0.717, 1.165) is 47.3 Å². The molecule has 9 heteroatoms. The van der Waals surface area contributed by atoms with Crippen molar-refractivity contribution in [2.24, 2.45) is 0 Å². The van der Waals surface area contributed by atoms with E-state index in [-0.39, 0.29) is 6.61 Å². The number of anilines is 3. The van der Waals surface area contributed by atoms with Crippen molar-refractivity contribution in [2.45, 2.75) is 25.9 Å². The fourth-order valence-corrected chi connectivity index (χ4v) is 4.16. The molecule has 4 aromatic rings. The number of aromatic nitrogens is 5. The van der Waals surface area contributed by atoms with Gasteiger partial charge in [0.25, 0.3) is 0 Å². The minimum atomic E-state index is 0.125. The van der Waals surface area contributed by atoms with Gasteiger partial charge in [-0.15, -0.1) is 0 Å². The van der Waals surface area contributed by atoms with Crippen molar-refractivity contribution in [3.05, 3.63) is 43.0 Å². The van der Waals surface area contributed by atoms with Crippen LogP contribution in [0, 0.1) is 0 Å². The molecule has 9 nitrogen and oxygen atoms in total. The second-order valence-corrected chi connectivity index (χ2v) is 7.88. The first-order chi connectivity index (χ1) is 15.2. The van der Waals surface area contributed by atoms with Gasteiger partial charge in [0.2, 0.25) is 5.95 Å². The zero-order valence-corrected chi connectivity index (χ0v) is 17.5. The van der Waals surface area contributed by atoms with Crippen molar-refractivity contribution in [3.8, 4) is 0 Å². The highest BCUT2D eigenvalue weighted by atomic mass is 16.3. The summed E-state index contributed by atoms with van der Waals surface area (Å²) in [6, 6.07) is 6.48. The summed E-state index contributed by atoms with van der Waals surface area (Å²) >= 11 is 0. The van der Waals surface area contributed by atoms with Gasteiger partial charge in [-0.05, 0) is 31.5 Å². The Hall–Kier alpha value is -3.30. The summed E-state index contributed by atoms with van der Waals surface area (Å²) in [7, 11) is 0. The van der Waals surface area contributed by atoms with E-state index in [4.69, 9.17) is 4.98 Å². The molecule has 4 aromatic heterocycles. The zero-order valence-electron chi connectivity index (χ0n) is 17.5. The smallest absolute Gasteiger partial charge is 0.230 e. The number of piperazine rings is 1. The predicted molar refractivity (Wildman–Crippen MR) is 122 cm³/mol. The number of aliphatic hydroxyl groups is 1. The van der Waals surface area contributed by atoms with Crippen LogP contribution in [0.4, 0.5) is 17.5 Å². The second kappa shape index (κ2) is 8.44. The fraction of sp³-hybridized carbons (Fsp3) is 0.364. The van der Waals surface area contributed by atoms with E-state index in [2.05, 4.69) is 48.0 Å². The van der Waals surface area contributed by atoms with Crippen molar-refractivity contribution in [2.75, 3.05) is 36.5 Å². The molecule has 1 saturated heterocycles. The van der Waals surface area contributed by atoms with Crippen molar-refractivity contribution in [3.63, 3.8) is 0 Å². The first kappa shape index (κ1) is 19.7. The van der Waals surface area contributed by atoms with Gasteiger partial charge in [-0.25, -0.2) is 9.97 Å². The molecule has 31 heavy (non-hydrogen) atoms. The van der Waals surface area contributed by atoms with E-state index < -0.39 is 0 Å².